The molecular weight excluding hydrogens is 302 g/mol. The fraction of sp³-hybridized carbons (Fsp3) is 0. The summed E-state index contributed by atoms with van der Waals surface area (Å²) in [5.41, 5.74) is 1.63. The maximum atomic E-state index is 12.4. The Morgan fingerprint density at radius 3 is 2.75 bits per heavy atom. The third kappa shape index (κ3) is 3.08. The molecule has 1 heterocycles. The van der Waals surface area contributed by atoms with Crippen LogP contribution in [0, 0.1) is 11.3 Å². The molecule has 0 aliphatic carbocycles. The minimum Gasteiger partial charge on any atom is -0.507 e. The number of hydrogen-bond acceptors (Lipinski definition) is 4. The van der Waals surface area contributed by atoms with E-state index >= 15 is 0 Å². The smallest absolute Gasteiger partial charge is 0.266 e. The number of aromatic hydroxyl groups is 1. The molecule has 0 saturated heterocycles. The third-order valence-electron chi connectivity index (χ3n) is 3.50. The number of hydrogen-bond donors (Lipinski definition) is 2. The molecule has 5 nitrogen and oxygen atoms in total. The largest absolute Gasteiger partial charge is 0.507 e. The maximum Gasteiger partial charge on any atom is 0.266 e. The first-order valence-corrected chi connectivity index (χ1v) is 7.24. The minimum atomic E-state index is -0.544. The number of aromatic nitrogens is 1. The van der Waals surface area contributed by atoms with Crippen LogP contribution in [0.2, 0.25) is 0 Å². The van der Waals surface area contributed by atoms with E-state index in [0.29, 0.717) is 11.3 Å². The highest BCUT2D eigenvalue weighted by atomic mass is 16.3. The quantitative estimate of drug-likeness (QED) is 0.572. The summed E-state index contributed by atoms with van der Waals surface area (Å²) in [6.45, 7) is 0. The molecule has 0 spiro atoms. The highest BCUT2D eigenvalue weighted by Gasteiger charge is 2.12. The number of rotatable bonds is 3. The molecule has 116 valence electrons. The number of carbonyl (C=O) groups is 1. The Morgan fingerprint density at radius 2 is 1.96 bits per heavy atom. The van der Waals surface area contributed by atoms with Gasteiger partial charge < -0.3 is 10.4 Å². The molecule has 0 atom stereocenters. The zero-order valence-corrected chi connectivity index (χ0v) is 12.6. The monoisotopic (exact) mass is 315 g/mol. The van der Waals surface area contributed by atoms with Crippen molar-refractivity contribution in [1.82, 2.24) is 4.98 Å². The standard InChI is InChI=1S/C19H13N3O2/c20-12-14(11-13-5-1-2-9-18(13)23)19(24)22-17-8-3-7-16-15(17)6-4-10-21-16/h1-11,23H,(H,22,24). The number of pyridine rings is 1. The predicted molar refractivity (Wildman–Crippen MR) is 92.1 cm³/mol. The van der Waals surface area contributed by atoms with Crippen LogP contribution in [0.5, 0.6) is 5.75 Å². The zero-order valence-electron chi connectivity index (χ0n) is 12.6. The van der Waals surface area contributed by atoms with Crippen LogP contribution >= 0.6 is 0 Å². The van der Waals surface area contributed by atoms with Gasteiger partial charge in [0.1, 0.15) is 17.4 Å². The summed E-state index contributed by atoms with van der Waals surface area (Å²) < 4.78 is 0. The summed E-state index contributed by atoms with van der Waals surface area (Å²) in [6.07, 6.45) is 3.03. The second kappa shape index (κ2) is 6.63. The first-order chi connectivity index (χ1) is 11.7. The van der Waals surface area contributed by atoms with Gasteiger partial charge in [-0.3, -0.25) is 9.78 Å². The fourth-order valence-corrected chi connectivity index (χ4v) is 2.32. The number of carbonyl (C=O) groups excluding carboxylic acids is 1. The number of fused-ring (bicyclic) bond motifs is 1. The number of nitriles is 1. The van der Waals surface area contributed by atoms with Gasteiger partial charge in [0.15, 0.2) is 0 Å². The molecule has 0 saturated carbocycles. The molecule has 1 aromatic heterocycles. The van der Waals surface area contributed by atoms with Crippen LogP contribution < -0.4 is 5.32 Å². The maximum absolute atomic E-state index is 12.4. The van der Waals surface area contributed by atoms with Crippen molar-refractivity contribution in [3.8, 4) is 11.8 Å². The minimum absolute atomic E-state index is 0.00686. The van der Waals surface area contributed by atoms with E-state index in [9.17, 15) is 15.2 Å². The lowest BCUT2D eigenvalue weighted by Crippen LogP contribution is -2.13. The van der Waals surface area contributed by atoms with Gasteiger partial charge in [-0.25, -0.2) is 0 Å². The number of phenolic OH excluding ortho intramolecular Hbond substituents is 1. The Bertz CT molecular complexity index is 982. The first-order valence-electron chi connectivity index (χ1n) is 7.24. The Labute approximate surface area is 138 Å². The van der Waals surface area contributed by atoms with Crippen LogP contribution in [0.3, 0.4) is 0 Å². The van der Waals surface area contributed by atoms with Gasteiger partial charge in [-0.05, 0) is 36.4 Å². The first kappa shape index (κ1) is 15.3. The molecule has 0 fully saturated rings. The molecule has 3 rings (SSSR count). The summed E-state index contributed by atoms with van der Waals surface area (Å²) in [5, 5.41) is 22.6. The molecule has 24 heavy (non-hydrogen) atoms. The summed E-state index contributed by atoms with van der Waals surface area (Å²) >= 11 is 0. The molecule has 0 bridgehead atoms. The van der Waals surface area contributed by atoms with Crippen molar-refractivity contribution in [3.05, 3.63) is 71.9 Å². The van der Waals surface area contributed by atoms with Crippen molar-refractivity contribution in [1.29, 1.82) is 5.26 Å². The summed E-state index contributed by atoms with van der Waals surface area (Å²) in [5.74, 6) is -0.537. The van der Waals surface area contributed by atoms with Gasteiger partial charge >= 0.3 is 0 Å². The number of nitrogens with zero attached hydrogens (tertiary/aromatic N) is 2. The Kier molecular flexibility index (Phi) is 4.21. The van der Waals surface area contributed by atoms with Crippen molar-refractivity contribution in [2.45, 2.75) is 0 Å². The summed E-state index contributed by atoms with van der Waals surface area (Å²) in [6, 6.07) is 17.4. The zero-order chi connectivity index (χ0) is 16.9. The molecular formula is C19H13N3O2. The van der Waals surface area contributed by atoms with E-state index in [0.717, 1.165) is 10.9 Å². The van der Waals surface area contributed by atoms with E-state index in [2.05, 4.69) is 10.3 Å². The van der Waals surface area contributed by atoms with Gasteiger partial charge in [-0.2, -0.15) is 5.26 Å². The lowest BCUT2D eigenvalue weighted by Gasteiger charge is -2.08. The average Bonchev–Trinajstić information content (AvgIpc) is 2.61. The van der Waals surface area contributed by atoms with Crippen molar-refractivity contribution >= 4 is 28.6 Å². The van der Waals surface area contributed by atoms with Gasteiger partial charge in [0.2, 0.25) is 0 Å². The Morgan fingerprint density at radius 1 is 1.12 bits per heavy atom. The lowest BCUT2D eigenvalue weighted by molar-refractivity contribution is -0.112. The van der Waals surface area contributed by atoms with Gasteiger partial charge in [0, 0.05) is 17.1 Å². The number of anilines is 1. The number of benzene rings is 2. The molecule has 5 heteroatoms. The third-order valence-corrected chi connectivity index (χ3v) is 3.50. The topological polar surface area (TPSA) is 86.0 Å². The van der Waals surface area contributed by atoms with E-state index < -0.39 is 5.91 Å². The number of nitrogens with one attached hydrogen (secondary N) is 1. The van der Waals surface area contributed by atoms with E-state index in [-0.39, 0.29) is 11.3 Å². The molecule has 0 aliphatic rings. The van der Waals surface area contributed by atoms with Gasteiger partial charge in [-0.1, -0.05) is 24.3 Å². The molecule has 2 aromatic carbocycles. The molecule has 0 unspecified atom stereocenters. The van der Waals surface area contributed by atoms with Crippen LogP contribution in [0.4, 0.5) is 5.69 Å². The van der Waals surface area contributed by atoms with Crippen molar-refractivity contribution < 1.29 is 9.90 Å². The predicted octanol–water partition coefficient (Wildman–Crippen LogP) is 3.49. The molecule has 0 radical (unpaired) electrons. The van der Waals surface area contributed by atoms with Crippen molar-refractivity contribution in [3.63, 3.8) is 0 Å². The SMILES string of the molecule is N#CC(=Cc1ccccc1O)C(=O)Nc1cccc2ncccc12. The summed E-state index contributed by atoms with van der Waals surface area (Å²) in [7, 11) is 0. The lowest BCUT2D eigenvalue weighted by atomic mass is 10.1. The second-order valence-corrected chi connectivity index (χ2v) is 5.06. The van der Waals surface area contributed by atoms with Crippen molar-refractivity contribution in [2.24, 2.45) is 0 Å². The van der Waals surface area contributed by atoms with Crippen molar-refractivity contribution in [2.75, 3.05) is 5.32 Å². The van der Waals surface area contributed by atoms with E-state index in [1.165, 1.54) is 12.1 Å². The van der Waals surface area contributed by atoms with Gasteiger partial charge in [-0.15, -0.1) is 0 Å². The number of para-hydroxylation sites is 1. The Hall–Kier alpha value is -3.65. The van der Waals surface area contributed by atoms with E-state index in [1.54, 1.807) is 42.6 Å². The van der Waals surface area contributed by atoms with E-state index in [1.807, 2.05) is 18.2 Å². The number of amides is 1. The second-order valence-electron chi connectivity index (χ2n) is 5.06. The molecule has 1 amide bonds. The molecule has 2 N–H and O–H groups in total. The van der Waals surface area contributed by atoms with E-state index in [4.69, 9.17) is 0 Å². The van der Waals surface area contributed by atoms with Crippen LogP contribution in [0.25, 0.3) is 17.0 Å². The fourth-order valence-electron chi connectivity index (χ4n) is 2.32. The highest BCUT2D eigenvalue weighted by molar-refractivity contribution is 6.12. The van der Waals surface area contributed by atoms with Crippen LogP contribution in [-0.4, -0.2) is 16.0 Å². The average molecular weight is 315 g/mol. The van der Waals surface area contributed by atoms with Crippen LogP contribution in [0.1, 0.15) is 5.56 Å². The molecule has 0 aliphatic heterocycles. The van der Waals surface area contributed by atoms with Gasteiger partial charge in [0.25, 0.3) is 5.91 Å². The highest BCUT2D eigenvalue weighted by Crippen LogP contribution is 2.23. The number of phenols is 1. The van der Waals surface area contributed by atoms with Crippen LogP contribution in [-0.2, 0) is 4.79 Å². The molecule has 3 aromatic rings. The summed E-state index contributed by atoms with van der Waals surface area (Å²) in [4.78, 5) is 16.6. The van der Waals surface area contributed by atoms with Crippen LogP contribution in [0.15, 0.2) is 66.4 Å². The van der Waals surface area contributed by atoms with Gasteiger partial charge in [0.05, 0.1) is 11.2 Å². The normalized spacial score (nSPS) is 11.0. The Balaban J connectivity index is 1.93.